The standard InChI is InChI=1S/C9H16O/c1-6-2-8-3-7(6)4-9(8)5-10/h6-10H,2-5H2,1H3. The van der Waals surface area contributed by atoms with Crippen molar-refractivity contribution in [3.8, 4) is 0 Å². The minimum atomic E-state index is 0.438. The summed E-state index contributed by atoms with van der Waals surface area (Å²) in [5.41, 5.74) is 0. The van der Waals surface area contributed by atoms with Crippen LogP contribution in [-0.2, 0) is 0 Å². The van der Waals surface area contributed by atoms with E-state index in [2.05, 4.69) is 6.92 Å². The molecule has 2 aliphatic carbocycles. The molecule has 0 radical (unpaired) electrons. The fraction of sp³-hybridized carbons (Fsp3) is 1.00. The van der Waals surface area contributed by atoms with Crippen LogP contribution in [0, 0.1) is 23.7 Å². The molecule has 0 heterocycles. The Hall–Kier alpha value is -0.0400. The maximum Gasteiger partial charge on any atom is 0.0462 e. The molecule has 0 aromatic heterocycles. The SMILES string of the molecule is CC1CC2CC1CC2CO. The molecule has 0 aromatic carbocycles. The van der Waals surface area contributed by atoms with Gasteiger partial charge in [0.1, 0.15) is 0 Å². The maximum atomic E-state index is 8.97. The second-order valence-electron chi connectivity index (χ2n) is 4.15. The van der Waals surface area contributed by atoms with Crippen molar-refractivity contribution in [2.45, 2.75) is 26.2 Å². The average Bonchev–Trinajstić information content (AvgIpc) is 2.44. The first kappa shape index (κ1) is 6.66. The van der Waals surface area contributed by atoms with Gasteiger partial charge in [-0.2, -0.15) is 0 Å². The molecule has 0 aromatic rings. The number of aliphatic hydroxyl groups excluding tert-OH is 1. The Bertz CT molecular complexity index is 131. The largest absolute Gasteiger partial charge is 0.396 e. The van der Waals surface area contributed by atoms with Crippen molar-refractivity contribution in [2.75, 3.05) is 6.61 Å². The highest BCUT2D eigenvalue weighted by Gasteiger charge is 2.43. The van der Waals surface area contributed by atoms with Gasteiger partial charge in [0.2, 0.25) is 0 Å². The van der Waals surface area contributed by atoms with E-state index >= 15 is 0 Å². The van der Waals surface area contributed by atoms with E-state index in [4.69, 9.17) is 5.11 Å². The number of aliphatic hydroxyl groups is 1. The minimum absolute atomic E-state index is 0.438. The predicted octanol–water partition coefficient (Wildman–Crippen LogP) is 1.66. The van der Waals surface area contributed by atoms with Crippen molar-refractivity contribution < 1.29 is 5.11 Å². The molecule has 1 nitrogen and oxygen atoms in total. The first-order valence-electron chi connectivity index (χ1n) is 4.42. The molecule has 2 bridgehead atoms. The van der Waals surface area contributed by atoms with Crippen LogP contribution < -0.4 is 0 Å². The Morgan fingerprint density at radius 1 is 1.20 bits per heavy atom. The third-order valence-electron chi connectivity index (χ3n) is 3.59. The van der Waals surface area contributed by atoms with Crippen LogP contribution in [-0.4, -0.2) is 11.7 Å². The molecule has 1 N–H and O–H groups in total. The summed E-state index contributed by atoms with van der Waals surface area (Å²) < 4.78 is 0. The summed E-state index contributed by atoms with van der Waals surface area (Å²) in [5.74, 6) is 3.46. The van der Waals surface area contributed by atoms with Gasteiger partial charge < -0.3 is 5.11 Å². The van der Waals surface area contributed by atoms with Gasteiger partial charge in [0.25, 0.3) is 0 Å². The monoisotopic (exact) mass is 140 g/mol. The van der Waals surface area contributed by atoms with Crippen molar-refractivity contribution in [1.82, 2.24) is 0 Å². The van der Waals surface area contributed by atoms with E-state index in [9.17, 15) is 0 Å². The van der Waals surface area contributed by atoms with E-state index in [1.165, 1.54) is 19.3 Å². The highest BCUT2D eigenvalue weighted by molar-refractivity contribution is 4.93. The molecule has 0 saturated heterocycles. The van der Waals surface area contributed by atoms with Crippen LogP contribution >= 0.6 is 0 Å². The summed E-state index contributed by atoms with van der Waals surface area (Å²) in [5, 5.41) is 8.97. The van der Waals surface area contributed by atoms with Crippen molar-refractivity contribution >= 4 is 0 Å². The molecule has 58 valence electrons. The summed E-state index contributed by atoms with van der Waals surface area (Å²) >= 11 is 0. The van der Waals surface area contributed by atoms with Gasteiger partial charge in [-0.25, -0.2) is 0 Å². The Balaban J connectivity index is 2.02. The zero-order valence-corrected chi connectivity index (χ0v) is 6.59. The maximum absolute atomic E-state index is 8.97. The highest BCUT2D eigenvalue weighted by Crippen LogP contribution is 2.51. The van der Waals surface area contributed by atoms with Gasteiger partial charge in [0.05, 0.1) is 0 Å². The molecule has 0 spiro atoms. The molecule has 1 heteroatoms. The summed E-state index contributed by atoms with van der Waals surface area (Å²) in [6.07, 6.45) is 4.10. The predicted molar refractivity (Wildman–Crippen MR) is 40.6 cm³/mol. The lowest BCUT2D eigenvalue weighted by Gasteiger charge is -2.23. The van der Waals surface area contributed by atoms with Crippen molar-refractivity contribution in [1.29, 1.82) is 0 Å². The fourth-order valence-electron chi connectivity index (χ4n) is 2.91. The van der Waals surface area contributed by atoms with E-state index in [0.29, 0.717) is 12.5 Å². The van der Waals surface area contributed by atoms with Gasteiger partial charge in [0.15, 0.2) is 0 Å². The fourth-order valence-corrected chi connectivity index (χ4v) is 2.91. The van der Waals surface area contributed by atoms with E-state index in [-0.39, 0.29) is 0 Å². The number of hydrogen-bond acceptors (Lipinski definition) is 1. The third kappa shape index (κ3) is 0.800. The van der Waals surface area contributed by atoms with Crippen LogP contribution in [0.3, 0.4) is 0 Å². The summed E-state index contributed by atoms with van der Waals surface area (Å²) in [6, 6.07) is 0. The smallest absolute Gasteiger partial charge is 0.0462 e. The van der Waals surface area contributed by atoms with E-state index in [0.717, 1.165) is 17.8 Å². The number of fused-ring (bicyclic) bond motifs is 2. The van der Waals surface area contributed by atoms with Crippen molar-refractivity contribution in [3.05, 3.63) is 0 Å². The quantitative estimate of drug-likeness (QED) is 0.587. The molecule has 0 aliphatic heterocycles. The second-order valence-corrected chi connectivity index (χ2v) is 4.15. The lowest BCUT2D eigenvalue weighted by atomic mass is 9.84. The Labute approximate surface area is 62.4 Å². The summed E-state index contributed by atoms with van der Waals surface area (Å²) in [6.45, 7) is 2.80. The number of rotatable bonds is 1. The lowest BCUT2D eigenvalue weighted by molar-refractivity contribution is 0.160. The van der Waals surface area contributed by atoms with E-state index in [1.54, 1.807) is 0 Å². The van der Waals surface area contributed by atoms with Crippen molar-refractivity contribution in [2.24, 2.45) is 23.7 Å². The van der Waals surface area contributed by atoms with Crippen LogP contribution in [0.4, 0.5) is 0 Å². The Morgan fingerprint density at radius 2 is 2.00 bits per heavy atom. The molecular formula is C9H16O. The van der Waals surface area contributed by atoms with Crippen LogP contribution in [0.5, 0.6) is 0 Å². The van der Waals surface area contributed by atoms with Crippen LogP contribution in [0.2, 0.25) is 0 Å². The van der Waals surface area contributed by atoms with Gasteiger partial charge in [0, 0.05) is 6.61 Å². The van der Waals surface area contributed by atoms with Gasteiger partial charge in [-0.1, -0.05) is 6.92 Å². The average molecular weight is 140 g/mol. The molecule has 2 aliphatic rings. The van der Waals surface area contributed by atoms with E-state index in [1.807, 2.05) is 0 Å². The van der Waals surface area contributed by atoms with Crippen LogP contribution in [0.25, 0.3) is 0 Å². The Kier molecular flexibility index (Phi) is 1.48. The summed E-state index contributed by atoms with van der Waals surface area (Å²) in [4.78, 5) is 0. The van der Waals surface area contributed by atoms with Gasteiger partial charge in [-0.05, 0) is 42.9 Å². The molecule has 2 saturated carbocycles. The topological polar surface area (TPSA) is 20.2 Å². The van der Waals surface area contributed by atoms with Crippen LogP contribution in [0.15, 0.2) is 0 Å². The van der Waals surface area contributed by atoms with Gasteiger partial charge in [-0.15, -0.1) is 0 Å². The van der Waals surface area contributed by atoms with Crippen molar-refractivity contribution in [3.63, 3.8) is 0 Å². The highest BCUT2D eigenvalue weighted by atomic mass is 16.3. The minimum Gasteiger partial charge on any atom is -0.396 e. The number of hydrogen-bond donors (Lipinski definition) is 1. The normalized spacial score (nSPS) is 52.2. The van der Waals surface area contributed by atoms with Gasteiger partial charge >= 0.3 is 0 Å². The molecular weight excluding hydrogens is 124 g/mol. The zero-order chi connectivity index (χ0) is 7.14. The first-order chi connectivity index (χ1) is 4.81. The lowest BCUT2D eigenvalue weighted by Crippen LogP contribution is -2.18. The summed E-state index contributed by atoms with van der Waals surface area (Å²) in [7, 11) is 0. The van der Waals surface area contributed by atoms with Gasteiger partial charge in [-0.3, -0.25) is 0 Å². The molecule has 2 rings (SSSR count). The van der Waals surface area contributed by atoms with Crippen LogP contribution in [0.1, 0.15) is 26.2 Å². The molecule has 4 atom stereocenters. The second kappa shape index (κ2) is 2.23. The van der Waals surface area contributed by atoms with E-state index < -0.39 is 0 Å². The molecule has 10 heavy (non-hydrogen) atoms. The molecule has 4 unspecified atom stereocenters. The Morgan fingerprint density at radius 3 is 2.40 bits per heavy atom. The zero-order valence-electron chi connectivity index (χ0n) is 6.59. The molecule has 0 amide bonds. The molecule has 2 fully saturated rings. The third-order valence-corrected chi connectivity index (χ3v) is 3.59. The first-order valence-corrected chi connectivity index (χ1v) is 4.42.